The van der Waals surface area contributed by atoms with Crippen LogP contribution >= 0.6 is 0 Å². The van der Waals surface area contributed by atoms with E-state index in [-0.39, 0.29) is 5.56 Å². The van der Waals surface area contributed by atoms with E-state index in [1.54, 1.807) is 5.32 Å². The molecule has 2 atom stereocenters. The molecule has 0 spiro atoms. The molecule has 37 heavy (non-hydrogen) atoms. The number of halogens is 9. The number of esters is 2. The molecule has 1 rings (SSSR count). The second-order valence-electron chi connectivity index (χ2n) is 7.11. The first kappa shape index (κ1) is 31.7. The maximum Gasteiger partial charge on any atom is 0.448 e. The first-order valence-corrected chi connectivity index (χ1v) is 9.68. The molecule has 0 aliphatic carbocycles. The molecular weight excluding hydrogens is 539 g/mol. The summed E-state index contributed by atoms with van der Waals surface area (Å²) in [6.07, 6.45) is -16.9. The fourth-order valence-electron chi connectivity index (χ4n) is 2.72. The van der Waals surface area contributed by atoms with E-state index in [2.05, 4.69) is 14.2 Å². The maximum atomic E-state index is 13.7. The minimum absolute atomic E-state index is 0.371. The Morgan fingerprint density at radius 3 is 1.92 bits per heavy atom. The zero-order valence-electron chi connectivity index (χ0n) is 18.9. The Bertz CT molecular complexity index is 1010. The van der Waals surface area contributed by atoms with Gasteiger partial charge in [0.1, 0.15) is 6.61 Å². The zero-order chi connectivity index (χ0) is 29.0. The summed E-state index contributed by atoms with van der Waals surface area (Å²) >= 11 is 0. The highest BCUT2D eigenvalue weighted by molar-refractivity contribution is 5.95. The van der Waals surface area contributed by atoms with Crippen LogP contribution in [0.3, 0.4) is 0 Å². The number of rotatable bonds is 8. The molecule has 0 aliphatic heterocycles. The third kappa shape index (κ3) is 6.94. The van der Waals surface area contributed by atoms with Crippen molar-refractivity contribution in [1.82, 2.24) is 5.32 Å². The molecular formula is C19H19F9N2O7. The van der Waals surface area contributed by atoms with Crippen molar-refractivity contribution in [3.63, 3.8) is 0 Å². The van der Waals surface area contributed by atoms with Crippen molar-refractivity contribution in [3.05, 3.63) is 29.3 Å². The molecule has 9 nitrogen and oxygen atoms in total. The van der Waals surface area contributed by atoms with E-state index in [4.69, 9.17) is 0 Å². The van der Waals surface area contributed by atoms with Gasteiger partial charge in [-0.3, -0.25) is 5.32 Å². The Morgan fingerprint density at radius 2 is 1.51 bits per heavy atom. The highest BCUT2D eigenvalue weighted by Gasteiger charge is 2.66. The molecule has 18 heteroatoms. The van der Waals surface area contributed by atoms with E-state index in [1.165, 1.54) is 0 Å². The van der Waals surface area contributed by atoms with Crippen LogP contribution in [0.2, 0.25) is 0 Å². The first-order chi connectivity index (χ1) is 16.7. The van der Waals surface area contributed by atoms with Crippen molar-refractivity contribution < 1.29 is 73.2 Å². The van der Waals surface area contributed by atoms with Gasteiger partial charge in [-0.2, -0.15) is 39.5 Å². The summed E-state index contributed by atoms with van der Waals surface area (Å²) < 4.78 is 131. The number of carbonyl (C=O) groups is 3. The molecule has 3 N–H and O–H groups in total. The molecule has 0 aromatic heterocycles. The Labute approximate surface area is 201 Å². The molecule has 0 saturated heterocycles. The molecule has 0 saturated carbocycles. The molecule has 2 amide bonds. The van der Waals surface area contributed by atoms with Crippen LogP contribution in [-0.2, 0) is 29.4 Å². The lowest BCUT2D eigenvalue weighted by molar-refractivity contribution is -0.305. The van der Waals surface area contributed by atoms with Gasteiger partial charge in [0.2, 0.25) is 0 Å². The van der Waals surface area contributed by atoms with Crippen LogP contribution in [-0.4, -0.2) is 67.7 Å². The second-order valence-corrected chi connectivity index (χ2v) is 7.11. The van der Waals surface area contributed by atoms with Gasteiger partial charge in [-0.1, -0.05) is 12.1 Å². The standard InChI is InChI=1S/C19H19F9N2O7/c1-4-36-13(32)17(19(26,27)28,37-8-15(20,21)22)30-14(33)29-11-6-5-10(7-9(11)2)16(34,12(31)35-3)18(23,24)25/h5-7,34H,4,8H2,1-3H3,(H2,29,30,33)/t16-,17+/m1/s1. The van der Waals surface area contributed by atoms with Gasteiger partial charge in [0.05, 0.1) is 13.7 Å². The topological polar surface area (TPSA) is 123 Å². The normalized spacial score (nSPS) is 15.7. The third-order valence-electron chi connectivity index (χ3n) is 4.49. The molecule has 0 aliphatic rings. The number of amides is 2. The average molecular weight is 558 g/mol. The second kappa shape index (κ2) is 11.0. The summed E-state index contributed by atoms with van der Waals surface area (Å²) in [5.41, 5.74) is -10.8. The molecule has 1 aromatic rings. The summed E-state index contributed by atoms with van der Waals surface area (Å²) in [5, 5.41) is 12.6. The number of hydrogen-bond donors (Lipinski definition) is 3. The zero-order valence-corrected chi connectivity index (χ0v) is 18.9. The lowest BCUT2D eigenvalue weighted by Gasteiger charge is -2.33. The molecule has 0 unspecified atom stereocenters. The fourth-order valence-corrected chi connectivity index (χ4v) is 2.72. The Morgan fingerprint density at radius 1 is 0.946 bits per heavy atom. The van der Waals surface area contributed by atoms with E-state index in [0.717, 1.165) is 19.2 Å². The average Bonchev–Trinajstić information content (AvgIpc) is 2.74. The summed E-state index contributed by atoms with van der Waals surface area (Å²) in [6, 6.07) is -0.361. The minimum Gasteiger partial charge on any atom is -0.466 e. The van der Waals surface area contributed by atoms with E-state index >= 15 is 0 Å². The number of carbonyl (C=O) groups excluding carboxylic acids is 3. The van der Waals surface area contributed by atoms with E-state index in [1.807, 2.05) is 0 Å². The Kier molecular flexibility index (Phi) is 9.43. The quantitative estimate of drug-likeness (QED) is 0.254. The van der Waals surface area contributed by atoms with Gasteiger partial charge in [-0.25, -0.2) is 14.4 Å². The van der Waals surface area contributed by atoms with Crippen LogP contribution in [0.5, 0.6) is 0 Å². The van der Waals surface area contributed by atoms with Crippen molar-refractivity contribution in [2.75, 3.05) is 25.6 Å². The van der Waals surface area contributed by atoms with Crippen molar-refractivity contribution in [3.8, 4) is 0 Å². The molecule has 0 fully saturated rings. The predicted molar refractivity (Wildman–Crippen MR) is 103 cm³/mol. The summed E-state index contributed by atoms with van der Waals surface area (Å²) in [5.74, 6) is -4.56. The number of ether oxygens (including phenoxy) is 3. The number of aryl methyl sites for hydroxylation is 1. The Balaban J connectivity index is 3.39. The molecule has 0 heterocycles. The smallest absolute Gasteiger partial charge is 0.448 e. The van der Waals surface area contributed by atoms with Crippen LogP contribution in [0.1, 0.15) is 18.1 Å². The van der Waals surface area contributed by atoms with E-state index in [9.17, 15) is 59.0 Å². The monoisotopic (exact) mass is 558 g/mol. The number of hydrogen-bond acceptors (Lipinski definition) is 7. The van der Waals surface area contributed by atoms with Crippen molar-refractivity contribution in [2.45, 2.75) is 43.7 Å². The van der Waals surface area contributed by atoms with Crippen molar-refractivity contribution in [2.24, 2.45) is 0 Å². The van der Waals surface area contributed by atoms with Crippen LogP contribution in [0, 0.1) is 6.92 Å². The molecule has 210 valence electrons. The number of anilines is 1. The number of benzene rings is 1. The highest BCUT2D eigenvalue weighted by Crippen LogP contribution is 2.41. The van der Waals surface area contributed by atoms with Gasteiger partial charge in [0, 0.05) is 11.3 Å². The number of nitrogens with one attached hydrogen (secondary N) is 2. The van der Waals surface area contributed by atoms with Crippen LogP contribution in [0.15, 0.2) is 18.2 Å². The largest absolute Gasteiger partial charge is 0.466 e. The van der Waals surface area contributed by atoms with Gasteiger partial charge in [-0.05, 0) is 25.5 Å². The number of methoxy groups -OCH3 is 1. The molecule has 0 radical (unpaired) electrons. The van der Waals surface area contributed by atoms with Crippen molar-refractivity contribution >= 4 is 23.7 Å². The van der Waals surface area contributed by atoms with E-state index in [0.29, 0.717) is 25.3 Å². The van der Waals surface area contributed by atoms with Gasteiger partial charge in [-0.15, -0.1) is 0 Å². The van der Waals surface area contributed by atoms with Gasteiger partial charge >= 0.3 is 42.2 Å². The van der Waals surface area contributed by atoms with Gasteiger partial charge in [0.25, 0.3) is 5.60 Å². The van der Waals surface area contributed by atoms with Crippen LogP contribution in [0.4, 0.5) is 50.0 Å². The molecule has 0 bridgehead atoms. The number of alkyl halides is 9. The first-order valence-electron chi connectivity index (χ1n) is 9.68. The van der Waals surface area contributed by atoms with E-state index < -0.39 is 72.3 Å². The summed E-state index contributed by atoms with van der Waals surface area (Å²) in [6.45, 7) is -1.37. The minimum atomic E-state index is -5.98. The van der Waals surface area contributed by atoms with Crippen LogP contribution < -0.4 is 10.6 Å². The number of urea groups is 1. The third-order valence-corrected chi connectivity index (χ3v) is 4.49. The lowest BCUT2D eigenvalue weighted by atomic mass is 9.91. The predicted octanol–water partition coefficient (Wildman–Crippen LogP) is 3.44. The fraction of sp³-hybridized carbons (Fsp3) is 0.526. The lowest BCUT2D eigenvalue weighted by Crippen LogP contribution is -2.67. The van der Waals surface area contributed by atoms with Crippen LogP contribution in [0.25, 0.3) is 0 Å². The Hall–Kier alpha value is -3.28. The van der Waals surface area contributed by atoms with Gasteiger partial charge in [0.15, 0.2) is 0 Å². The summed E-state index contributed by atoms with van der Waals surface area (Å²) in [7, 11) is 0.559. The molecule has 1 aromatic carbocycles. The SMILES string of the molecule is CCOC(=O)[C@](NC(=O)Nc1ccc([C@@](O)(C(=O)OC)C(F)(F)F)cc1C)(OCC(F)(F)F)C(F)(F)F. The summed E-state index contributed by atoms with van der Waals surface area (Å²) in [4.78, 5) is 35.9. The van der Waals surface area contributed by atoms with Crippen molar-refractivity contribution in [1.29, 1.82) is 0 Å². The van der Waals surface area contributed by atoms with Gasteiger partial charge < -0.3 is 24.6 Å². The maximum absolute atomic E-state index is 13.7. The highest BCUT2D eigenvalue weighted by atomic mass is 19.4. The number of aliphatic hydroxyl groups is 1.